The molecule has 0 heterocycles. The first-order valence-corrected chi connectivity index (χ1v) is 5.83. The largest absolute Gasteiger partial charge is 0.324 e. The van der Waals surface area contributed by atoms with Crippen molar-refractivity contribution in [3.63, 3.8) is 0 Å². The van der Waals surface area contributed by atoms with Gasteiger partial charge in [0.15, 0.2) is 0 Å². The Kier molecular flexibility index (Phi) is 4.73. The monoisotopic (exact) mass is 289 g/mol. The Bertz CT molecular complexity index is 260. The lowest BCUT2D eigenvalue weighted by molar-refractivity contribution is 0.601. The summed E-state index contributed by atoms with van der Waals surface area (Å²) in [5.74, 6) is 0. The maximum absolute atomic E-state index is 6.08. The van der Waals surface area contributed by atoms with Gasteiger partial charge in [-0.25, -0.2) is 0 Å². The molecular formula is C11H16IN. The molecule has 1 aromatic rings. The van der Waals surface area contributed by atoms with Gasteiger partial charge in [0.1, 0.15) is 0 Å². The number of rotatable bonds is 4. The van der Waals surface area contributed by atoms with Crippen molar-refractivity contribution in [3.8, 4) is 0 Å². The molecule has 1 rings (SSSR count). The van der Waals surface area contributed by atoms with Crippen LogP contribution in [0, 0.1) is 3.57 Å². The summed E-state index contributed by atoms with van der Waals surface area (Å²) in [6.07, 6.45) is 3.53. The summed E-state index contributed by atoms with van der Waals surface area (Å²) in [6, 6.07) is 8.57. The van der Waals surface area contributed by atoms with Crippen LogP contribution in [0.2, 0.25) is 0 Å². The van der Waals surface area contributed by atoms with Gasteiger partial charge in [-0.05, 0) is 40.6 Å². The average molecular weight is 289 g/mol. The van der Waals surface area contributed by atoms with Gasteiger partial charge in [0.05, 0.1) is 0 Å². The average Bonchev–Trinajstić information content (AvgIpc) is 2.15. The summed E-state index contributed by atoms with van der Waals surface area (Å²) in [5, 5.41) is 0. The Balaban J connectivity index is 2.65. The van der Waals surface area contributed by atoms with Crippen LogP contribution in [0.15, 0.2) is 24.3 Å². The number of hydrogen-bond donors (Lipinski definition) is 1. The molecule has 0 bridgehead atoms. The third kappa shape index (κ3) is 3.27. The summed E-state index contributed by atoms with van der Waals surface area (Å²) in [7, 11) is 0. The minimum atomic E-state index is 0.216. The first-order valence-electron chi connectivity index (χ1n) is 4.75. The summed E-state index contributed by atoms with van der Waals surface area (Å²) < 4.78 is 1.28. The number of hydrogen-bond acceptors (Lipinski definition) is 1. The molecule has 0 aromatic heterocycles. The van der Waals surface area contributed by atoms with E-state index in [-0.39, 0.29) is 6.04 Å². The topological polar surface area (TPSA) is 26.0 Å². The van der Waals surface area contributed by atoms with E-state index in [4.69, 9.17) is 5.73 Å². The van der Waals surface area contributed by atoms with Crippen LogP contribution in [-0.4, -0.2) is 0 Å². The van der Waals surface area contributed by atoms with Crippen molar-refractivity contribution in [2.24, 2.45) is 5.73 Å². The van der Waals surface area contributed by atoms with Crippen molar-refractivity contribution in [2.75, 3.05) is 0 Å². The van der Waals surface area contributed by atoms with Crippen molar-refractivity contribution in [1.82, 2.24) is 0 Å². The molecule has 0 aliphatic carbocycles. The molecule has 0 radical (unpaired) electrons. The third-order valence-corrected chi connectivity index (χ3v) is 3.16. The third-order valence-electron chi connectivity index (χ3n) is 2.17. The zero-order valence-corrected chi connectivity index (χ0v) is 10.1. The highest BCUT2D eigenvalue weighted by Gasteiger charge is 2.07. The molecule has 0 amide bonds. The molecular weight excluding hydrogens is 273 g/mol. The van der Waals surface area contributed by atoms with E-state index in [2.05, 4.69) is 53.8 Å². The zero-order valence-electron chi connectivity index (χ0n) is 7.96. The second kappa shape index (κ2) is 5.60. The van der Waals surface area contributed by atoms with E-state index in [1.165, 1.54) is 22.0 Å². The van der Waals surface area contributed by atoms with Gasteiger partial charge < -0.3 is 5.73 Å². The molecule has 0 aliphatic rings. The molecule has 1 aromatic carbocycles. The second-order valence-corrected chi connectivity index (χ2v) is 4.43. The van der Waals surface area contributed by atoms with Gasteiger partial charge in [0, 0.05) is 9.61 Å². The predicted molar refractivity (Wildman–Crippen MR) is 65.6 cm³/mol. The molecule has 0 unspecified atom stereocenters. The molecule has 0 saturated carbocycles. The maximum Gasteiger partial charge on any atom is 0.0305 e. The van der Waals surface area contributed by atoms with Gasteiger partial charge in [0.2, 0.25) is 0 Å². The van der Waals surface area contributed by atoms with Gasteiger partial charge in [-0.1, -0.05) is 38.0 Å². The van der Waals surface area contributed by atoms with Crippen molar-refractivity contribution in [3.05, 3.63) is 33.4 Å². The first-order chi connectivity index (χ1) is 6.25. The molecule has 1 atom stereocenters. The number of unbranched alkanes of at least 4 members (excludes halogenated alkanes) is 1. The first kappa shape index (κ1) is 11.0. The van der Waals surface area contributed by atoms with Gasteiger partial charge in [0.25, 0.3) is 0 Å². The molecule has 1 nitrogen and oxygen atoms in total. The highest BCUT2D eigenvalue weighted by molar-refractivity contribution is 14.1. The SMILES string of the molecule is CCCC[C@H](N)c1ccccc1I. The van der Waals surface area contributed by atoms with E-state index in [1.54, 1.807) is 0 Å². The van der Waals surface area contributed by atoms with Crippen LogP contribution >= 0.6 is 22.6 Å². The van der Waals surface area contributed by atoms with Crippen molar-refractivity contribution < 1.29 is 0 Å². The molecule has 0 fully saturated rings. The zero-order chi connectivity index (χ0) is 9.68. The van der Waals surface area contributed by atoms with E-state index in [1.807, 2.05) is 0 Å². The highest BCUT2D eigenvalue weighted by atomic mass is 127. The molecule has 2 heteroatoms. The standard InChI is InChI=1S/C11H16IN/c1-2-3-8-11(13)9-6-4-5-7-10(9)12/h4-7,11H,2-3,8,13H2,1H3/t11-/m0/s1. The number of halogens is 1. The fourth-order valence-corrected chi connectivity index (χ4v) is 2.14. The smallest absolute Gasteiger partial charge is 0.0305 e. The molecule has 0 saturated heterocycles. The van der Waals surface area contributed by atoms with Gasteiger partial charge in [-0.15, -0.1) is 0 Å². The number of nitrogens with two attached hydrogens (primary N) is 1. The predicted octanol–water partition coefficient (Wildman–Crippen LogP) is 3.48. The lowest BCUT2D eigenvalue weighted by Crippen LogP contribution is -2.11. The van der Waals surface area contributed by atoms with Gasteiger partial charge >= 0.3 is 0 Å². The van der Waals surface area contributed by atoms with Crippen LogP contribution in [-0.2, 0) is 0 Å². The fourth-order valence-electron chi connectivity index (χ4n) is 1.36. The van der Waals surface area contributed by atoms with Crippen molar-refractivity contribution in [2.45, 2.75) is 32.2 Å². The van der Waals surface area contributed by atoms with Crippen LogP contribution in [0.4, 0.5) is 0 Å². The highest BCUT2D eigenvalue weighted by Crippen LogP contribution is 2.21. The fraction of sp³-hybridized carbons (Fsp3) is 0.455. The summed E-state index contributed by atoms with van der Waals surface area (Å²) in [4.78, 5) is 0. The van der Waals surface area contributed by atoms with Crippen LogP contribution in [0.5, 0.6) is 0 Å². The summed E-state index contributed by atoms with van der Waals surface area (Å²) in [5.41, 5.74) is 7.37. The van der Waals surface area contributed by atoms with Crippen LogP contribution in [0.25, 0.3) is 0 Å². The Hall–Kier alpha value is -0.0900. The van der Waals surface area contributed by atoms with Crippen LogP contribution < -0.4 is 5.73 Å². The Morgan fingerprint density at radius 3 is 2.69 bits per heavy atom. The quantitative estimate of drug-likeness (QED) is 0.844. The van der Waals surface area contributed by atoms with E-state index in [0.29, 0.717) is 0 Å². The second-order valence-electron chi connectivity index (χ2n) is 3.27. The number of benzene rings is 1. The van der Waals surface area contributed by atoms with Crippen molar-refractivity contribution >= 4 is 22.6 Å². The minimum Gasteiger partial charge on any atom is -0.324 e. The van der Waals surface area contributed by atoms with Gasteiger partial charge in [-0.3, -0.25) is 0 Å². The molecule has 72 valence electrons. The van der Waals surface area contributed by atoms with Gasteiger partial charge in [-0.2, -0.15) is 0 Å². The Morgan fingerprint density at radius 2 is 2.08 bits per heavy atom. The molecule has 0 spiro atoms. The van der Waals surface area contributed by atoms with E-state index < -0.39 is 0 Å². The summed E-state index contributed by atoms with van der Waals surface area (Å²) in [6.45, 7) is 2.20. The van der Waals surface area contributed by atoms with E-state index >= 15 is 0 Å². The lowest BCUT2D eigenvalue weighted by Gasteiger charge is -2.12. The molecule has 2 N–H and O–H groups in total. The minimum absolute atomic E-state index is 0.216. The molecule has 13 heavy (non-hydrogen) atoms. The Morgan fingerprint density at radius 1 is 1.38 bits per heavy atom. The maximum atomic E-state index is 6.08. The lowest BCUT2D eigenvalue weighted by atomic mass is 10.0. The van der Waals surface area contributed by atoms with E-state index in [9.17, 15) is 0 Å². The van der Waals surface area contributed by atoms with E-state index in [0.717, 1.165) is 6.42 Å². The Labute approximate surface area is 93.9 Å². The van der Waals surface area contributed by atoms with Crippen LogP contribution in [0.3, 0.4) is 0 Å². The normalized spacial score (nSPS) is 12.8. The van der Waals surface area contributed by atoms with Crippen LogP contribution in [0.1, 0.15) is 37.8 Å². The van der Waals surface area contributed by atoms with Crippen molar-refractivity contribution in [1.29, 1.82) is 0 Å². The summed E-state index contributed by atoms with van der Waals surface area (Å²) >= 11 is 2.35. The molecule has 0 aliphatic heterocycles.